The minimum absolute atomic E-state index is 0.00922. The molecule has 0 amide bonds. The topological polar surface area (TPSA) is 96.2 Å². The fourth-order valence-electron chi connectivity index (χ4n) is 1.19. The van der Waals surface area contributed by atoms with Crippen LogP contribution in [0.4, 0.5) is 0 Å². The molecule has 0 atom stereocenters. The number of nitrogens with zero attached hydrogens (tertiary/aromatic N) is 3. The number of aromatic carboxylic acids is 1. The zero-order chi connectivity index (χ0) is 11.5. The number of hydrogen-bond donors (Lipinski definition) is 2. The summed E-state index contributed by atoms with van der Waals surface area (Å²) in [5.74, 6) is -1.47. The Balaban J connectivity index is 2.53. The normalized spacial score (nSPS) is 10.0. The highest BCUT2D eigenvalue weighted by atomic mass is 16.4. The average molecular weight is 217 g/mol. The van der Waals surface area contributed by atoms with Crippen LogP contribution < -0.4 is 0 Å². The zero-order valence-electron chi connectivity index (χ0n) is 8.03. The van der Waals surface area contributed by atoms with Gasteiger partial charge in [0.15, 0.2) is 5.82 Å². The van der Waals surface area contributed by atoms with E-state index in [4.69, 9.17) is 5.11 Å². The molecular weight excluding hydrogens is 210 g/mol. The van der Waals surface area contributed by atoms with E-state index in [1.165, 1.54) is 6.07 Å². The summed E-state index contributed by atoms with van der Waals surface area (Å²) < 4.78 is 0. The van der Waals surface area contributed by atoms with Gasteiger partial charge in [-0.1, -0.05) is 12.1 Å². The Morgan fingerprint density at radius 1 is 1.19 bits per heavy atom. The lowest BCUT2D eigenvalue weighted by atomic mass is 10.2. The number of carboxylic acids is 1. The van der Waals surface area contributed by atoms with Gasteiger partial charge in [-0.05, 0) is 12.1 Å². The van der Waals surface area contributed by atoms with E-state index in [1.807, 2.05) is 0 Å². The number of benzene rings is 1. The zero-order valence-corrected chi connectivity index (χ0v) is 8.03. The maximum atomic E-state index is 10.7. The van der Waals surface area contributed by atoms with Crippen LogP contribution in [0.15, 0.2) is 30.6 Å². The number of phenolic OH excluding ortho intramolecular Hbond substituents is 1. The molecule has 0 radical (unpaired) electrons. The number of aromatic hydroxyl groups is 1. The van der Waals surface area contributed by atoms with Crippen LogP contribution in [0.3, 0.4) is 0 Å². The lowest BCUT2D eigenvalue weighted by Crippen LogP contribution is -2.05. The molecule has 0 bridgehead atoms. The van der Waals surface area contributed by atoms with Crippen LogP contribution in [0, 0.1) is 0 Å². The Morgan fingerprint density at radius 2 is 1.94 bits per heavy atom. The Morgan fingerprint density at radius 3 is 2.62 bits per heavy atom. The Labute approximate surface area is 90.3 Å². The molecule has 2 aromatic rings. The molecule has 0 aliphatic carbocycles. The summed E-state index contributed by atoms with van der Waals surface area (Å²) in [6.07, 6.45) is 1.10. The monoisotopic (exact) mass is 217 g/mol. The van der Waals surface area contributed by atoms with Crippen LogP contribution in [-0.2, 0) is 0 Å². The van der Waals surface area contributed by atoms with Crippen molar-refractivity contribution in [3.05, 3.63) is 36.4 Å². The van der Waals surface area contributed by atoms with E-state index in [2.05, 4.69) is 15.0 Å². The predicted molar refractivity (Wildman–Crippen MR) is 53.9 cm³/mol. The van der Waals surface area contributed by atoms with Gasteiger partial charge in [0.2, 0.25) is 5.82 Å². The van der Waals surface area contributed by atoms with Gasteiger partial charge in [-0.25, -0.2) is 19.7 Å². The third-order valence-electron chi connectivity index (χ3n) is 1.91. The molecule has 2 N–H and O–H groups in total. The van der Waals surface area contributed by atoms with Crippen molar-refractivity contribution in [1.82, 2.24) is 15.0 Å². The van der Waals surface area contributed by atoms with E-state index in [9.17, 15) is 9.90 Å². The summed E-state index contributed by atoms with van der Waals surface area (Å²) in [5.41, 5.74) is 0.368. The van der Waals surface area contributed by atoms with Crippen molar-refractivity contribution in [3.8, 4) is 17.1 Å². The van der Waals surface area contributed by atoms with Gasteiger partial charge in [0.25, 0.3) is 0 Å². The third kappa shape index (κ3) is 1.81. The van der Waals surface area contributed by atoms with E-state index >= 15 is 0 Å². The van der Waals surface area contributed by atoms with Gasteiger partial charge in [-0.3, -0.25) is 0 Å². The molecular formula is C10H7N3O3. The highest BCUT2D eigenvalue weighted by Gasteiger charge is 2.11. The lowest BCUT2D eigenvalue weighted by Gasteiger charge is -2.02. The molecule has 0 aliphatic heterocycles. The fourth-order valence-corrected chi connectivity index (χ4v) is 1.19. The van der Waals surface area contributed by atoms with Crippen LogP contribution >= 0.6 is 0 Å². The van der Waals surface area contributed by atoms with Gasteiger partial charge in [0.1, 0.15) is 12.1 Å². The van der Waals surface area contributed by atoms with Crippen molar-refractivity contribution in [2.24, 2.45) is 0 Å². The van der Waals surface area contributed by atoms with Crippen molar-refractivity contribution in [3.63, 3.8) is 0 Å². The second-order valence-corrected chi connectivity index (χ2v) is 2.95. The SMILES string of the molecule is O=C(O)c1ncnc(-c2ccccc2O)n1. The van der Waals surface area contributed by atoms with Crippen LogP contribution in [0.1, 0.15) is 10.6 Å². The average Bonchev–Trinajstić information content (AvgIpc) is 2.30. The predicted octanol–water partition coefficient (Wildman–Crippen LogP) is 0.942. The van der Waals surface area contributed by atoms with Crippen LogP contribution in [0.5, 0.6) is 5.75 Å². The minimum Gasteiger partial charge on any atom is -0.507 e. The summed E-state index contributed by atoms with van der Waals surface area (Å²) in [7, 11) is 0. The molecule has 0 aliphatic rings. The molecule has 0 saturated heterocycles. The van der Waals surface area contributed by atoms with E-state index < -0.39 is 5.97 Å². The van der Waals surface area contributed by atoms with Crippen molar-refractivity contribution >= 4 is 5.97 Å². The van der Waals surface area contributed by atoms with Gasteiger partial charge in [0.05, 0.1) is 5.56 Å². The van der Waals surface area contributed by atoms with Gasteiger partial charge in [-0.2, -0.15) is 0 Å². The number of rotatable bonds is 2. The summed E-state index contributed by atoms with van der Waals surface area (Å²) in [6, 6.07) is 6.41. The molecule has 2 rings (SSSR count). The fraction of sp³-hybridized carbons (Fsp3) is 0. The van der Waals surface area contributed by atoms with Crippen molar-refractivity contribution in [1.29, 1.82) is 0 Å². The van der Waals surface area contributed by atoms with E-state index in [0.29, 0.717) is 5.56 Å². The van der Waals surface area contributed by atoms with Crippen LogP contribution in [0.2, 0.25) is 0 Å². The molecule has 0 fully saturated rings. The molecule has 6 nitrogen and oxygen atoms in total. The molecule has 1 heterocycles. The highest BCUT2D eigenvalue weighted by Crippen LogP contribution is 2.24. The van der Waals surface area contributed by atoms with E-state index in [1.54, 1.807) is 18.2 Å². The summed E-state index contributed by atoms with van der Waals surface area (Å²) in [6.45, 7) is 0. The molecule has 0 unspecified atom stereocenters. The quantitative estimate of drug-likeness (QED) is 0.777. The number of carboxylic acid groups (broad SMARTS) is 1. The van der Waals surface area contributed by atoms with E-state index in [-0.39, 0.29) is 17.4 Å². The van der Waals surface area contributed by atoms with Crippen LogP contribution in [0.25, 0.3) is 11.4 Å². The first-order valence-electron chi connectivity index (χ1n) is 4.39. The number of phenols is 1. The lowest BCUT2D eigenvalue weighted by molar-refractivity contribution is 0.0683. The first kappa shape index (κ1) is 10.0. The molecule has 16 heavy (non-hydrogen) atoms. The van der Waals surface area contributed by atoms with Crippen LogP contribution in [-0.4, -0.2) is 31.1 Å². The van der Waals surface area contributed by atoms with E-state index in [0.717, 1.165) is 6.33 Å². The number of para-hydroxylation sites is 1. The molecule has 1 aromatic heterocycles. The highest BCUT2D eigenvalue weighted by molar-refractivity contribution is 5.83. The second kappa shape index (κ2) is 3.93. The van der Waals surface area contributed by atoms with Gasteiger partial charge in [0, 0.05) is 0 Å². The Hall–Kier alpha value is -2.50. The largest absolute Gasteiger partial charge is 0.507 e. The molecule has 0 spiro atoms. The van der Waals surface area contributed by atoms with Crippen molar-refractivity contribution in [2.75, 3.05) is 0 Å². The van der Waals surface area contributed by atoms with Gasteiger partial charge >= 0.3 is 5.97 Å². The molecule has 0 saturated carbocycles. The van der Waals surface area contributed by atoms with Gasteiger partial charge in [-0.15, -0.1) is 0 Å². The molecule has 1 aromatic carbocycles. The molecule has 6 heteroatoms. The van der Waals surface area contributed by atoms with Gasteiger partial charge < -0.3 is 10.2 Å². The Kier molecular flexibility index (Phi) is 2.47. The first-order chi connectivity index (χ1) is 7.68. The van der Waals surface area contributed by atoms with Crippen molar-refractivity contribution < 1.29 is 15.0 Å². The Bertz CT molecular complexity index is 542. The molecule has 80 valence electrons. The smallest absolute Gasteiger partial charge is 0.374 e. The third-order valence-corrected chi connectivity index (χ3v) is 1.91. The minimum atomic E-state index is -1.24. The summed E-state index contributed by atoms with van der Waals surface area (Å²) >= 11 is 0. The number of hydrogen-bond acceptors (Lipinski definition) is 5. The maximum absolute atomic E-state index is 10.7. The summed E-state index contributed by atoms with van der Waals surface area (Å²) in [5, 5.41) is 18.3. The first-order valence-corrected chi connectivity index (χ1v) is 4.39. The second-order valence-electron chi connectivity index (χ2n) is 2.95. The number of aromatic nitrogens is 3. The van der Waals surface area contributed by atoms with Crippen molar-refractivity contribution in [2.45, 2.75) is 0 Å². The number of carbonyl (C=O) groups is 1. The maximum Gasteiger partial charge on any atom is 0.374 e. The summed E-state index contributed by atoms with van der Waals surface area (Å²) in [4.78, 5) is 21.7. The standard InChI is InChI=1S/C10H7N3O3/c14-7-4-2-1-3-6(7)8-11-5-12-9(13-8)10(15)16/h1-5,14H,(H,15,16).